The van der Waals surface area contributed by atoms with Crippen LogP contribution >= 0.6 is 11.6 Å². The van der Waals surface area contributed by atoms with E-state index in [0.717, 1.165) is 18.8 Å². The van der Waals surface area contributed by atoms with Gasteiger partial charge in [-0.3, -0.25) is 0 Å². The molecule has 0 aliphatic carbocycles. The first-order chi connectivity index (χ1) is 6.29. The molecule has 1 aromatic heterocycles. The summed E-state index contributed by atoms with van der Waals surface area (Å²) < 4.78 is 0. The van der Waals surface area contributed by atoms with E-state index in [1.54, 1.807) is 6.20 Å². The summed E-state index contributed by atoms with van der Waals surface area (Å²) in [5.41, 5.74) is 1.09. The van der Waals surface area contributed by atoms with E-state index in [-0.39, 0.29) is 6.61 Å². The molecular weight excluding hydrogens is 188 g/mol. The largest absolute Gasteiger partial charge is 0.396 e. The van der Waals surface area contributed by atoms with E-state index in [9.17, 15) is 0 Å². The summed E-state index contributed by atoms with van der Waals surface area (Å²) in [6, 6.07) is 3.77. The fraction of sp³-hybridized carbons (Fsp3) is 0.444. The van der Waals surface area contributed by atoms with E-state index < -0.39 is 0 Å². The molecule has 1 fully saturated rings. The number of nitrogens with zero attached hydrogens (tertiary/aromatic N) is 2. The highest BCUT2D eigenvalue weighted by molar-refractivity contribution is 6.29. The molecule has 0 unspecified atom stereocenters. The molecule has 2 heterocycles. The zero-order chi connectivity index (χ0) is 9.26. The zero-order valence-corrected chi connectivity index (χ0v) is 7.91. The van der Waals surface area contributed by atoms with E-state index in [4.69, 9.17) is 16.7 Å². The Balaban J connectivity index is 2.03. The molecule has 1 aliphatic heterocycles. The summed E-state index contributed by atoms with van der Waals surface area (Å²) in [6.45, 7) is 2.10. The lowest BCUT2D eigenvalue weighted by Gasteiger charge is -2.40. The Kier molecular flexibility index (Phi) is 2.38. The molecule has 0 aromatic carbocycles. The molecular formula is C9H11ClN2O. The summed E-state index contributed by atoms with van der Waals surface area (Å²) in [5, 5.41) is 9.36. The molecule has 3 nitrogen and oxygen atoms in total. The third-order valence-electron chi connectivity index (χ3n) is 2.29. The highest BCUT2D eigenvalue weighted by atomic mass is 35.5. The maximum absolute atomic E-state index is 8.84. The number of aliphatic hydroxyl groups is 1. The van der Waals surface area contributed by atoms with Crippen LogP contribution in [0.15, 0.2) is 18.3 Å². The van der Waals surface area contributed by atoms with Crippen molar-refractivity contribution in [2.24, 2.45) is 5.92 Å². The Morgan fingerprint density at radius 1 is 1.62 bits per heavy atom. The van der Waals surface area contributed by atoms with Crippen LogP contribution < -0.4 is 4.90 Å². The molecule has 0 saturated carbocycles. The van der Waals surface area contributed by atoms with Crippen LogP contribution in [0, 0.1) is 5.92 Å². The molecule has 1 aromatic rings. The van der Waals surface area contributed by atoms with Gasteiger partial charge in [0, 0.05) is 37.5 Å². The van der Waals surface area contributed by atoms with Crippen LogP contribution in [0.5, 0.6) is 0 Å². The molecule has 1 aliphatic rings. The molecule has 0 atom stereocenters. The standard InChI is InChI=1S/C9H11ClN2O/c10-9-3-8(1-2-11-9)12-4-7(5-12)6-13/h1-3,7,13H,4-6H2. The second kappa shape index (κ2) is 3.52. The number of pyridine rings is 1. The second-order valence-electron chi connectivity index (χ2n) is 3.29. The Bertz CT molecular complexity index is 299. The van der Waals surface area contributed by atoms with Crippen LogP contribution in [0.25, 0.3) is 0 Å². The van der Waals surface area contributed by atoms with Crippen molar-refractivity contribution in [3.63, 3.8) is 0 Å². The molecule has 13 heavy (non-hydrogen) atoms. The molecule has 0 spiro atoms. The van der Waals surface area contributed by atoms with Crippen molar-refractivity contribution < 1.29 is 5.11 Å². The first-order valence-electron chi connectivity index (χ1n) is 4.27. The number of hydrogen-bond donors (Lipinski definition) is 1. The highest BCUT2D eigenvalue weighted by Gasteiger charge is 2.25. The van der Waals surface area contributed by atoms with Crippen molar-refractivity contribution in [2.75, 3.05) is 24.6 Å². The van der Waals surface area contributed by atoms with Gasteiger partial charge in [-0.2, -0.15) is 0 Å². The topological polar surface area (TPSA) is 36.4 Å². The Morgan fingerprint density at radius 2 is 2.38 bits per heavy atom. The van der Waals surface area contributed by atoms with Gasteiger partial charge in [-0.1, -0.05) is 11.6 Å². The first kappa shape index (κ1) is 8.78. The van der Waals surface area contributed by atoms with E-state index in [0.29, 0.717) is 11.1 Å². The average molecular weight is 199 g/mol. The summed E-state index contributed by atoms with van der Waals surface area (Å²) in [7, 11) is 0. The highest BCUT2D eigenvalue weighted by Crippen LogP contribution is 2.25. The fourth-order valence-electron chi connectivity index (χ4n) is 1.49. The molecule has 0 radical (unpaired) electrons. The zero-order valence-electron chi connectivity index (χ0n) is 7.15. The number of aliphatic hydroxyl groups excluding tert-OH is 1. The van der Waals surface area contributed by atoms with Gasteiger partial charge in [0.05, 0.1) is 0 Å². The van der Waals surface area contributed by atoms with Crippen LogP contribution in [0.4, 0.5) is 5.69 Å². The van der Waals surface area contributed by atoms with Gasteiger partial charge in [0.15, 0.2) is 0 Å². The molecule has 70 valence electrons. The van der Waals surface area contributed by atoms with Crippen molar-refractivity contribution in [1.29, 1.82) is 0 Å². The third kappa shape index (κ3) is 1.76. The van der Waals surface area contributed by atoms with Crippen molar-refractivity contribution in [3.05, 3.63) is 23.5 Å². The number of rotatable bonds is 2. The third-order valence-corrected chi connectivity index (χ3v) is 2.50. The van der Waals surface area contributed by atoms with Gasteiger partial charge < -0.3 is 10.0 Å². The van der Waals surface area contributed by atoms with Crippen molar-refractivity contribution in [2.45, 2.75) is 0 Å². The smallest absolute Gasteiger partial charge is 0.131 e. The molecule has 1 N–H and O–H groups in total. The Morgan fingerprint density at radius 3 is 3.00 bits per heavy atom. The van der Waals surface area contributed by atoms with Gasteiger partial charge in [-0.15, -0.1) is 0 Å². The second-order valence-corrected chi connectivity index (χ2v) is 3.68. The monoisotopic (exact) mass is 198 g/mol. The Labute approximate surface area is 82.0 Å². The van der Waals surface area contributed by atoms with Crippen molar-refractivity contribution in [3.8, 4) is 0 Å². The van der Waals surface area contributed by atoms with Gasteiger partial charge in [0.1, 0.15) is 5.15 Å². The van der Waals surface area contributed by atoms with Gasteiger partial charge >= 0.3 is 0 Å². The summed E-state index contributed by atoms with van der Waals surface area (Å²) in [4.78, 5) is 6.08. The molecule has 0 amide bonds. The van der Waals surface area contributed by atoms with Crippen LogP contribution in [-0.2, 0) is 0 Å². The molecule has 0 bridgehead atoms. The maximum atomic E-state index is 8.84. The summed E-state index contributed by atoms with van der Waals surface area (Å²) in [5.74, 6) is 0.423. The van der Waals surface area contributed by atoms with Crippen LogP contribution in [0.1, 0.15) is 0 Å². The number of aromatic nitrogens is 1. The van der Waals surface area contributed by atoms with E-state index in [2.05, 4.69) is 9.88 Å². The number of halogens is 1. The predicted octanol–water partition coefficient (Wildman–Crippen LogP) is 1.16. The summed E-state index contributed by atoms with van der Waals surface area (Å²) in [6.07, 6.45) is 1.70. The quantitative estimate of drug-likeness (QED) is 0.725. The van der Waals surface area contributed by atoms with Gasteiger partial charge in [0.2, 0.25) is 0 Å². The molecule has 2 rings (SSSR count). The summed E-state index contributed by atoms with van der Waals surface area (Å²) >= 11 is 5.75. The number of anilines is 1. The van der Waals surface area contributed by atoms with Crippen LogP contribution in [0.3, 0.4) is 0 Å². The molecule has 4 heteroatoms. The minimum Gasteiger partial charge on any atom is -0.396 e. The van der Waals surface area contributed by atoms with Gasteiger partial charge in [-0.05, 0) is 12.1 Å². The van der Waals surface area contributed by atoms with E-state index >= 15 is 0 Å². The Hall–Kier alpha value is -0.800. The average Bonchev–Trinajstić information content (AvgIpc) is 2.02. The first-order valence-corrected chi connectivity index (χ1v) is 4.65. The van der Waals surface area contributed by atoms with Gasteiger partial charge in [0.25, 0.3) is 0 Å². The van der Waals surface area contributed by atoms with E-state index in [1.807, 2.05) is 12.1 Å². The lowest BCUT2D eigenvalue weighted by atomic mass is 10.0. The number of hydrogen-bond acceptors (Lipinski definition) is 3. The lowest BCUT2D eigenvalue weighted by molar-refractivity contribution is 0.201. The predicted molar refractivity (Wildman–Crippen MR) is 52.0 cm³/mol. The minimum absolute atomic E-state index is 0.273. The fourth-order valence-corrected chi connectivity index (χ4v) is 1.65. The van der Waals surface area contributed by atoms with Crippen LogP contribution in [-0.4, -0.2) is 29.8 Å². The molecule has 1 saturated heterocycles. The van der Waals surface area contributed by atoms with Crippen LogP contribution in [0.2, 0.25) is 5.15 Å². The minimum atomic E-state index is 0.273. The van der Waals surface area contributed by atoms with Gasteiger partial charge in [-0.25, -0.2) is 4.98 Å². The van der Waals surface area contributed by atoms with Crippen molar-refractivity contribution >= 4 is 17.3 Å². The normalized spacial score (nSPS) is 17.2. The SMILES string of the molecule is OCC1CN(c2ccnc(Cl)c2)C1. The lowest BCUT2D eigenvalue weighted by Crippen LogP contribution is -2.48. The van der Waals surface area contributed by atoms with Crippen molar-refractivity contribution in [1.82, 2.24) is 4.98 Å². The maximum Gasteiger partial charge on any atom is 0.131 e. The van der Waals surface area contributed by atoms with E-state index in [1.165, 1.54) is 0 Å².